The summed E-state index contributed by atoms with van der Waals surface area (Å²) >= 11 is 0. The van der Waals surface area contributed by atoms with Gasteiger partial charge in [-0.05, 0) is 42.7 Å². The van der Waals surface area contributed by atoms with Crippen molar-refractivity contribution in [3.8, 4) is 11.5 Å². The number of ether oxygens (including phenoxy) is 5. The molecule has 0 spiro atoms. The summed E-state index contributed by atoms with van der Waals surface area (Å²) in [5, 5.41) is 0. The number of esters is 1. The van der Waals surface area contributed by atoms with Crippen molar-refractivity contribution in [2.24, 2.45) is 5.92 Å². The molecule has 2 aliphatic rings. The number of hydrogen-bond donors (Lipinski definition) is 0. The number of unbranched alkanes of at least 4 members (excludes halogenated alkanes) is 3. The van der Waals surface area contributed by atoms with Gasteiger partial charge >= 0.3 is 5.97 Å². The summed E-state index contributed by atoms with van der Waals surface area (Å²) < 4.78 is 28.0. The van der Waals surface area contributed by atoms with E-state index in [2.05, 4.69) is 6.92 Å². The van der Waals surface area contributed by atoms with E-state index in [4.69, 9.17) is 23.7 Å². The topological polar surface area (TPSA) is 83.5 Å². The molecule has 8 heteroatoms. The van der Waals surface area contributed by atoms with Crippen LogP contribution in [0.5, 0.6) is 11.5 Å². The van der Waals surface area contributed by atoms with Crippen LogP contribution >= 0.6 is 0 Å². The number of nitrogens with zero attached hydrogens (tertiary/aromatic N) is 1. The second-order valence-electron chi connectivity index (χ2n) is 10.0. The van der Waals surface area contributed by atoms with Crippen LogP contribution in [0, 0.1) is 5.92 Å². The van der Waals surface area contributed by atoms with Crippen molar-refractivity contribution in [1.29, 1.82) is 0 Å². The first-order valence-electron chi connectivity index (χ1n) is 13.6. The van der Waals surface area contributed by atoms with Crippen LogP contribution < -0.4 is 14.4 Å². The average molecular weight is 526 g/mol. The second-order valence-corrected chi connectivity index (χ2v) is 10.0. The highest BCUT2D eigenvalue weighted by Crippen LogP contribution is 2.35. The third kappa shape index (κ3) is 6.85. The molecule has 4 rings (SSSR count). The molecule has 0 radical (unpaired) electrons. The van der Waals surface area contributed by atoms with E-state index in [-0.39, 0.29) is 11.8 Å². The van der Waals surface area contributed by atoms with E-state index in [1.165, 1.54) is 13.5 Å². The molecule has 2 aromatic carbocycles. The van der Waals surface area contributed by atoms with Crippen molar-refractivity contribution < 1.29 is 33.3 Å². The summed E-state index contributed by atoms with van der Waals surface area (Å²) in [6.07, 6.45) is 5.10. The Hall–Kier alpha value is -3.10. The highest BCUT2D eigenvalue weighted by molar-refractivity contribution is 6.00. The number of anilines is 1. The first-order chi connectivity index (χ1) is 18.4. The van der Waals surface area contributed by atoms with E-state index in [1.807, 2.05) is 53.4 Å². The fraction of sp³-hybridized carbons (Fsp3) is 0.533. The Kier molecular flexibility index (Phi) is 9.63. The molecule has 0 N–H and O–H groups in total. The Morgan fingerprint density at radius 3 is 2.50 bits per heavy atom. The number of amides is 1. The lowest BCUT2D eigenvalue weighted by atomic mass is 9.99. The van der Waals surface area contributed by atoms with Crippen molar-refractivity contribution in [1.82, 2.24) is 0 Å². The third-order valence-electron chi connectivity index (χ3n) is 7.04. The van der Waals surface area contributed by atoms with E-state index in [0.29, 0.717) is 32.8 Å². The highest BCUT2D eigenvalue weighted by atomic mass is 16.7. The number of hydrogen-bond acceptors (Lipinski definition) is 7. The number of carbonyl (C=O) groups excluding carboxylic acids is 2. The number of para-hydroxylation sites is 2. The van der Waals surface area contributed by atoms with Crippen LogP contribution in [0.3, 0.4) is 0 Å². The molecule has 0 aliphatic carbocycles. The highest BCUT2D eigenvalue weighted by Gasteiger charge is 2.41. The molecule has 38 heavy (non-hydrogen) atoms. The van der Waals surface area contributed by atoms with Crippen LogP contribution in [0.2, 0.25) is 0 Å². The Labute approximate surface area is 225 Å². The maximum atomic E-state index is 13.2. The van der Waals surface area contributed by atoms with E-state index in [0.717, 1.165) is 48.4 Å². The Morgan fingerprint density at radius 2 is 1.79 bits per heavy atom. The molecule has 1 atom stereocenters. The summed E-state index contributed by atoms with van der Waals surface area (Å²) in [5.74, 6) is -0.230. The van der Waals surface area contributed by atoms with Crippen molar-refractivity contribution in [3.63, 3.8) is 0 Å². The zero-order valence-electron chi connectivity index (χ0n) is 22.6. The predicted octanol–water partition coefficient (Wildman–Crippen LogP) is 4.92. The van der Waals surface area contributed by atoms with E-state index < -0.39 is 17.9 Å². The van der Waals surface area contributed by atoms with Gasteiger partial charge in [0.25, 0.3) is 11.7 Å². The van der Waals surface area contributed by atoms with Crippen LogP contribution in [-0.4, -0.2) is 57.2 Å². The lowest BCUT2D eigenvalue weighted by Gasteiger charge is -2.35. The van der Waals surface area contributed by atoms with Gasteiger partial charge in [-0.2, -0.15) is 0 Å². The molecule has 0 bridgehead atoms. The van der Waals surface area contributed by atoms with Crippen molar-refractivity contribution in [2.45, 2.75) is 64.3 Å². The third-order valence-corrected chi connectivity index (χ3v) is 7.04. The number of rotatable bonds is 12. The van der Waals surface area contributed by atoms with Gasteiger partial charge in [-0.3, -0.25) is 4.79 Å². The minimum Gasteiger partial charge on any atom is -0.493 e. The second kappa shape index (κ2) is 13.1. The summed E-state index contributed by atoms with van der Waals surface area (Å²) in [6, 6.07) is 15.6. The maximum Gasteiger partial charge on any atom is 0.366 e. The molecule has 1 amide bonds. The van der Waals surface area contributed by atoms with E-state index in [9.17, 15) is 9.59 Å². The van der Waals surface area contributed by atoms with Crippen LogP contribution in [0.15, 0.2) is 48.5 Å². The first-order valence-corrected chi connectivity index (χ1v) is 13.6. The number of fused-ring (bicyclic) bond motifs is 1. The van der Waals surface area contributed by atoms with Gasteiger partial charge in [0.1, 0.15) is 11.5 Å². The molecule has 1 fully saturated rings. The number of carbonyl (C=O) groups is 2. The van der Waals surface area contributed by atoms with Gasteiger partial charge < -0.3 is 28.6 Å². The van der Waals surface area contributed by atoms with Gasteiger partial charge in [-0.1, -0.05) is 50.5 Å². The molecular weight excluding hydrogens is 486 g/mol. The standard InChI is InChI=1S/C30H39NO7/c1-4-5-6-9-17-31-25-10-7-8-11-26(25)38-27(28(31)32)16-18-35-24-14-12-22(13-15-24)19-23-20-36-30(2,37-21-23)29(33)34-3/h7-8,10-15,23,27H,4-6,9,16-21H2,1-3H3. The molecule has 2 aromatic rings. The van der Waals surface area contributed by atoms with E-state index >= 15 is 0 Å². The normalized spacial score (nSPS) is 22.9. The minimum atomic E-state index is -1.33. The lowest BCUT2D eigenvalue weighted by Crippen LogP contribution is -2.48. The van der Waals surface area contributed by atoms with Crippen molar-refractivity contribution in [3.05, 3.63) is 54.1 Å². The molecule has 1 saturated heterocycles. The zero-order chi connectivity index (χ0) is 27.0. The Morgan fingerprint density at radius 1 is 1.05 bits per heavy atom. The predicted molar refractivity (Wildman–Crippen MR) is 143 cm³/mol. The average Bonchev–Trinajstić information content (AvgIpc) is 2.94. The number of benzene rings is 2. The molecule has 2 aliphatic heterocycles. The van der Waals surface area contributed by atoms with Gasteiger partial charge in [0.2, 0.25) is 0 Å². The monoisotopic (exact) mass is 525 g/mol. The first kappa shape index (κ1) is 27.9. The Balaban J connectivity index is 1.25. The Bertz CT molecular complexity index is 1060. The van der Waals surface area contributed by atoms with Crippen LogP contribution in [-0.2, 0) is 30.2 Å². The minimum absolute atomic E-state index is 0.000589. The summed E-state index contributed by atoms with van der Waals surface area (Å²) in [6.45, 7) is 5.67. The molecular formula is C30H39NO7. The van der Waals surface area contributed by atoms with E-state index in [1.54, 1.807) is 6.92 Å². The zero-order valence-corrected chi connectivity index (χ0v) is 22.6. The smallest absolute Gasteiger partial charge is 0.366 e. The quantitative estimate of drug-likeness (QED) is 0.287. The van der Waals surface area contributed by atoms with Crippen molar-refractivity contribution >= 4 is 17.6 Å². The van der Waals surface area contributed by atoms with Gasteiger partial charge in [-0.25, -0.2) is 4.79 Å². The summed E-state index contributed by atoms with van der Waals surface area (Å²) in [5.41, 5.74) is 1.97. The molecule has 0 aromatic heterocycles. The maximum absolute atomic E-state index is 13.2. The van der Waals surface area contributed by atoms with Gasteiger partial charge in [0.05, 0.1) is 32.6 Å². The fourth-order valence-electron chi connectivity index (χ4n) is 4.79. The van der Waals surface area contributed by atoms with Gasteiger partial charge in [0, 0.05) is 25.8 Å². The molecule has 206 valence electrons. The van der Waals surface area contributed by atoms with Gasteiger partial charge in [0.15, 0.2) is 6.10 Å². The molecule has 1 unspecified atom stereocenters. The molecule has 8 nitrogen and oxygen atoms in total. The summed E-state index contributed by atoms with van der Waals surface area (Å²) in [4.78, 5) is 26.9. The molecule has 2 heterocycles. The van der Waals surface area contributed by atoms with Crippen molar-refractivity contribution in [2.75, 3.05) is 38.4 Å². The molecule has 0 saturated carbocycles. The summed E-state index contributed by atoms with van der Waals surface area (Å²) in [7, 11) is 1.32. The van der Waals surface area contributed by atoms with Crippen LogP contribution in [0.25, 0.3) is 0 Å². The SMILES string of the molecule is CCCCCCN1C(=O)C(CCOc2ccc(CC3COC(C)(C(=O)OC)OC3)cc2)Oc2ccccc21. The fourth-order valence-corrected chi connectivity index (χ4v) is 4.79. The van der Waals surface area contributed by atoms with Crippen LogP contribution in [0.4, 0.5) is 5.69 Å². The number of methoxy groups -OCH3 is 1. The lowest BCUT2D eigenvalue weighted by molar-refractivity contribution is -0.272. The van der Waals surface area contributed by atoms with Gasteiger partial charge in [-0.15, -0.1) is 0 Å². The van der Waals surface area contributed by atoms with Crippen LogP contribution in [0.1, 0.15) is 51.5 Å². The largest absolute Gasteiger partial charge is 0.493 e.